The van der Waals surface area contributed by atoms with Gasteiger partial charge in [0.1, 0.15) is 0 Å². The van der Waals surface area contributed by atoms with E-state index >= 15 is 0 Å². The number of likely N-dealkylation sites (N-methyl/N-ethyl adjacent to an activating group) is 2. The fourth-order valence-corrected chi connectivity index (χ4v) is 7.22. The number of benzene rings is 2. The van der Waals surface area contributed by atoms with Crippen LogP contribution in [0, 0.1) is 27.7 Å². The van der Waals surface area contributed by atoms with Crippen molar-refractivity contribution in [2.75, 3.05) is 49.9 Å². The molecule has 45 heavy (non-hydrogen) atoms. The summed E-state index contributed by atoms with van der Waals surface area (Å²) in [5.74, 6) is 0.396. The van der Waals surface area contributed by atoms with Gasteiger partial charge in [0.25, 0.3) is 11.8 Å². The number of likely N-dealkylation sites (tertiary alicyclic amines) is 2. The predicted octanol–water partition coefficient (Wildman–Crippen LogP) is 1.85. The van der Waals surface area contributed by atoms with Gasteiger partial charge < -0.3 is 56.0 Å². The average Bonchev–Trinajstić information content (AvgIpc) is 3.64. The zero-order chi connectivity index (χ0) is 31.5. The van der Waals surface area contributed by atoms with Gasteiger partial charge in [-0.05, 0) is 77.6 Å². The Morgan fingerprint density at radius 3 is 1.20 bits per heavy atom. The van der Waals surface area contributed by atoms with E-state index in [4.69, 9.17) is 0 Å². The summed E-state index contributed by atoms with van der Waals surface area (Å²) in [5.41, 5.74) is 6.55. The molecule has 2 aliphatic rings. The first kappa shape index (κ1) is 46.5. The van der Waals surface area contributed by atoms with Gasteiger partial charge in [-0.25, -0.2) is 0 Å². The number of nitrogens with zero attached hydrogens (tertiary/aromatic N) is 2. The molecule has 2 atom stereocenters. The number of para-hydroxylation sites is 2. The average molecular weight is 873 g/mol. The maximum absolute atomic E-state index is 12.7. The maximum atomic E-state index is 12.7. The third-order valence-corrected chi connectivity index (χ3v) is 10.1. The molecule has 0 aromatic heterocycles. The van der Waals surface area contributed by atoms with Gasteiger partial charge in [-0.1, -0.05) is 43.8 Å². The first-order valence-corrected chi connectivity index (χ1v) is 17.6. The van der Waals surface area contributed by atoms with E-state index in [0.29, 0.717) is 0 Å². The van der Waals surface area contributed by atoms with Crippen LogP contribution in [0.2, 0.25) is 0 Å². The van der Waals surface area contributed by atoms with Gasteiger partial charge in [-0.3, -0.25) is 9.59 Å². The van der Waals surface area contributed by atoms with E-state index in [1.54, 1.807) is 0 Å². The molecule has 2 saturated heterocycles. The van der Waals surface area contributed by atoms with Gasteiger partial charge in [0.2, 0.25) is 0 Å². The molecule has 10 heteroatoms. The van der Waals surface area contributed by atoms with Crippen molar-refractivity contribution in [1.29, 1.82) is 0 Å². The van der Waals surface area contributed by atoms with Crippen molar-refractivity contribution in [3.05, 3.63) is 58.7 Å². The van der Waals surface area contributed by atoms with Crippen LogP contribution in [-0.4, -0.2) is 72.1 Å². The number of amides is 2. The molecule has 0 radical (unpaired) electrons. The van der Waals surface area contributed by atoms with Crippen molar-refractivity contribution in [3.8, 4) is 0 Å². The second-order valence-corrected chi connectivity index (χ2v) is 12.0. The third kappa shape index (κ3) is 11.2. The number of rotatable bonds is 8. The number of hydrogen-bond donors (Lipinski definition) is 2. The van der Waals surface area contributed by atoms with Crippen LogP contribution >= 0.6 is 9.19 Å². The minimum absolute atomic E-state index is 0. The van der Waals surface area contributed by atoms with E-state index in [1.807, 2.05) is 12.1 Å². The Balaban J connectivity index is 0. The maximum Gasteiger partial charge on any atom is -1.00 e. The van der Waals surface area contributed by atoms with Gasteiger partial charge >= 0.3 is 29.2 Å². The molecule has 2 aromatic carbocycles. The van der Waals surface area contributed by atoms with Gasteiger partial charge in [-0.15, -0.1) is 0 Å². The smallest absolute Gasteiger partial charge is 1.00 e. The summed E-state index contributed by atoms with van der Waals surface area (Å²) in [6.07, 6.45) is 4.34. The summed E-state index contributed by atoms with van der Waals surface area (Å²) in [6, 6.07) is 12.5. The Morgan fingerprint density at radius 1 is 0.689 bits per heavy atom. The van der Waals surface area contributed by atoms with Gasteiger partial charge in [0.05, 0.1) is 39.3 Å². The Hall–Kier alpha value is -0.650. The number of carbonyl (C=O) groups is 2. The van der Waals surface area contributed by atoms with Crippen LogP contribution in [0.5, 0.6) is 0 Å². The summed E-state index contributed by atoms with van der Waals surface area (Å²) < 4.78 is 1.88. The molecule has 262 valence electrons. The number of nitrogens with one attached hydrogen (secondary N) is 2. The molecule has 0 saturated carbocycles. The Kier molecular flexibility index (Phi) is 22.8. The first-order valence-electron chi connectivity index (χ1n) is 15.6. The fraction of sp³-hybridized carbons (Fsp3) is 0.600. The zero-order valence-corrected chi connectivity index (χ0v) is 33.0. The van der Waals surface area contributed by atoms with Gasteiger partial charge in [0, 0.05) is 37.1 Å². The molecule has 2 aliphatic heterocycles. The Morgan fingerprint density at radius 2 is 0.956 bits per heavy atom. The van der Waals surface area contributed by atoms with Crippen molar-refractivity contribution in [1.82, 2.24) is 0 Å². The zero-order valence-electron chi connectivity index (χ0n) is 27.8. The second kappa shape index (κ2) is 22.1. The second-order valence-electron chi connectivity index (χ2n) is 12.0. The fourth-order valence-electron chi connectivity index (χ4n) is 7.22. The summed E-state index contributed by atoms with van der Waals surface area (Å²) in [5, 5.41) is 6.38. The van der Waals surface area contributed by atoms with E-state index in [9.17, 15) is 9.59 Å². The van der Waals surface area contributed by atoms with Crippen LogP contribution in [0.15, 0.2) is 36.4 Å². The molecular formula is C35H58AgCl2IN4O2. The standard InChI is InChI=1S/2C17H26N2O.CH4.Ag.2ClH.HI/c2*1-5-19(6-2)12-8-11-15(19)17(20)18-16-13(3)9-7-10-14(16)4;;;;;/h2*7,9-10,15H,5-6,8,11-12H2,1-4H3;1H4;;3*1H/q;;;+1;;;/p-1. The quantitative estimate of drug-likeness (QED) is 0.242. The van der Waals surface area contributed by atoms with E-state index in [0.717, 1.165) is 108 Å². The molecule has 2 N–H and O–H groups in total. The number of quaternary nitrogens is 2. The molecule has 2 aromatic rings. The van der Waals surface area contributed by atoms with E-state index in [1.165, 1.54) is 0 Å². The van der Waals surface area contributed by atoms with Crippen LogP contribution in [0.4, 0.5) is 11.4 Å². The number of aryl methyl sites for hydroxylation is 4. The monoisotopic (exact) mass is 870 g/mol. The molecule has 0 aliphatic carbocycles. The first-order chi connectivity index (χ1) is 20.1. The van der Waals surface area contributed by atoms with Gasteiger partial charge in [0.15, 0.2) is 12.1 Å². The topological polar surface area (TPSA) is 58.2 Å². The minimum Gasteiger partial charge on any atom is -1.00 e. The molecule has 6 nitrogen and oxygen atoms in total. The van der Waals surface area contributed by atoms with Crippen LogP contribution in [0.25, 0.3) is 0 Å². The molecule has 2 fully saturated rings. The summed E-state index contributed by atoms with van der Waals surface area (Å²) in [7, 11) is 4.45. The van der Waals surface area contributed by atoms with Crippen molar-refractivity contribution in [2.24, 2.45) is 0 Å². The molecule has 2 heterocycles. The van der Waals surface area contributed by atoms with Crippen LogP contribution < -0.4 is 47.0 Å². The van der Waals surface area contributed by atoms with Crippen LogP contribution in [-0.2, 0) is 29.6 Å². The van der Waals surface area contributed by atoms with Crippen molar-refractivity contribution < 1.29 is 74.9 Å². The predicted molar refractivity (Wildman–Crippen MR) is 180 cm³/mol. The van der Waals surface area contributed by atoms with Crippen molar-refractivity contribution in [2.45, 2.75) is 101 Å². The van der Waals surface area contributed by atoms with E-state index in [-0.39, 0.29) is 67.7 Å². The van der Waals surface area contributed by atoms with E-state index < -0.39 is 0 Å². The van der Waals surface area contributed by atoms with Crippen molar-refractivity contribution >= 4 is 32.4 Å². The molecule has 0 spiro atoms. The van der Waals surface area contributed by atoms with Gasteiger partial charge in [-0.2, -0.15) is 0 Å². The molecular weight excluding hydrogens is 814 g/mol. The van der Waals surface area contributed by atoms with Crippen molar-refractivity contribution in [3.63, 3.8) is 0 Å². The summed E-state index contributed by atoms with van der Waals surface area (Å²) >= 11 is 2.42. The minimum atomic E-state index is 0. The molecule has 2 amide bonds. The summed E-state index contributed by atoms with van der Waals surface area (Å²) in [6.45, 7) is 23.5. The molecule has 2 unspecified atom stereocenters. The SMILES string of the molecule is C.CC[N+]1(CC)CCCC1C(=O)Nc1c(C)cccc1C.CC[N+]1(CC)CCCC1C(=O)Nc1c(C)cccc1C.[Cl-].[Cl][Ag].[I-]. The number of carbonyl (C=O) groups excluding carboxylic acids is 2. The number of hydrogen-bond acceptors (Lipinski definition) is 2. The Labute approximate surface area is 314 Å². The third-order valence-electron chi connectivity index (χ3n) is 10.1. The molecule has 4 rings (SSSR count). The Bertz CT molecular complexity index is 1060. The molecule has 0 bridgehead atoms. The van der Waals surface area contributed by atoms with Crippen LogP contribution in [0.3, 0.4) is 0 Å². The largest absolute Gasteiger partial charge is 1.00 e. The number of halogens is 3. The van der Waals surface area contributed by atoms with Crippen LogP contribution in [0.1, 0.15) is 83.1 Å². The summed E-state index contributed by atoms with van der Waals surface area (Å²) in [4.78, 5) is 25.5. The normalized spacial score (nSPS) is 18.7. The van der Waals surface area contributed by atoms with E-state index in [2.05, 4.69) is 119 Å². The number of anilines is 2.